The van der Waals surface area contributed by atoms with E-state index in [1.807, 2.05) is 6.92 Å². The van der Waals surface area contributed by atoms with Crippen molar-refractivity contribution in [3.05, 3.63) is 34.9 Å². The second kappa shape index (κ2) is 3.72. The third kappa shape index (κ3) is 2.08. The van der Waals surface area contributed by atoms with Crippen LogP contribution in [0.1, 0.15) is 23.6 Å². The van der Waals surface area contributed by atoms with E-state index in [2.05, 4.69) is 32.0 Å². The van der Waals surface area contributed by atoms with Gasteiger partial charge in [0, 0.05) is 6.04 Å². The molecule has 0 aromatic heterocycles. The van der Waals surface area contributed by atoms with E-state index in [0.717, 1.165) is 6.42 Å². The van der Waals surface area contributed by atoms with Crippen LogP contribution < -0.4 is 5.73 Å². The Morgan fingerprint density at radius 1 is 1.25 bits per heavy atom. The first-order chi connectivity index (χ1) is 5.61. The molecule has 1 nitrogen and oxygen atoms in total. The molecule has 0 bridgehead atoms. The van der Waals surface area contributed by atoms with E-state index in [1.165, 1.54) is 16.7 Å². The summed E-state index contributed by atoms with van der Waals surface area (Å²) in [6.07, 6.45) is 0.985. The van der Waals surface area contributed by atoms with Crippen LogP contribution >= 0.6 is 0 Å². The quantitative estimate of drug-likeness (QED) is 0.710. The van der Waals surface area contributed by atoms with E-state index >= 15 is 0 Å². The van der Waals surface area contributed by atoms with Crippen LogP contribution in [0.3, 0.4) is 0 Å². The molecule has 1 heteroatoms. The van der Waals surface area contributed by atoms with Crippen molar-refractivity contribution < 1.29 is 0 Å². The molecule has 0 fully saturated rings. The average Bonchev–Trinajstić information content (AvgIpc) is 1.97. The average molecular weight is 163 g/mol. The Hall–Kier alpha value is -0.820. The van der Waals surface area contributed by atoms with Gasteiger partial charge in [0.15, 0.2) is 0 Å². The highest BCUT2D eigenvalue weighted by Crippen LogP contribution is 2.14. The van der Waals surface area contributed by atoms with E-state index in [9.17, 15) is 0 Å². The van der Waals surface area contributed by atoms with E-state index < -0.39 is 0 Å². The van der Waals surface area contributed by atoms with Crippen LogP contribution in [-0.2, 0) is 6.42 Å². The van der Waals surface area contributed by atoms with Crippen LogP contribution in [0.5, 0.6) is 0 Å². The molecule has 1 unspecified atom stereocenters. The summed E-state index contributed by atoms with van der Waals surface area (Å²) in [4.78, 5) is 0. The molecular weight excluding hydrogens is 146 g/mol. The summed E-state index contributed by atoms with van der Waals surface area (Å²) in [5.74, 6) is 0. The van der Waals surface area contributed by atoms with Crippen molar-refractivity contribution >= 4 is 0 Å². The molecular formula is C11H17N. The number of nitrogens with two attached hydrogens (primary N) is 1. The van der Waals surface area contributed by atoms with Crippen molar-refractivity contribution in [1.82, 2.24) is 0 Å². The SMILES string of the molecule is Cc1cccc(C)c1CC(C)N. The van der Waals surface area contributed by atoms with Crippen LogP contribution in [0.25, 0.3) is 0 Å². The third-order valence-corrected chi connectivity index (χ3v) is 2.17. The first kappa shape index (κ1) is 9.27. The number of hydrogen-bond donors (Lipinski definition) is 1. The smallest absolute Gasteiger partial charge is 0.00511 e. The summed E-state index contributed by atoms with van der Waals surface area (Å²) in [6.45, 7) is 6.33. The summed E-state index contributed by atoms with van der Waals surface area (Å²) < 4.78 is 0. The predicted octanol–water partition coefficient (Wildman–Crippen LogP) is 2.19. The number of aryl methyl sites for hydroxylation is 2. The van der Waals surface area contributed by atoms with Gasteiger partial charge >= 0.3 is 0 Å². The Morgan fingerprint density at radius 3 is 2.17 bits per heavy atom. The van der Waals surface area contributed by atoms with Gasteiger partial charge in [-0.05, 0) is 43.9 Å². The summed E-state index contributed by atoms with van der Waals surface area (Å²) in [6, 6.07) is 6.63. The van der Waals surface area contributed by atoms with Crippen molar-refractivity contribution in [2.24, 2.45) is 5.73 Å². The van der Waals surface area contributed by atoms with Crippen LogP contribution in [0.4, 0.5) is 0 Å². The molecule has 0 amide bonds. The van der Waals surface area contributed by atoms with Gasteiger partial charge in [-0.1, -0.05) is 18.2 Å². The normalized spacial score (nSPS) is 13.0. The molecule has 0 radical (unpaired) electrons. The number of benzene rings is 1. The molecule has 1 atom stereocenters. The first-order valence-electron chi connectivity index (χ1n) is 4.42. The standard InChI is InChI=1S/C11H17N/c1-8-5-4-6-9(2)11(8)7-10(3)12/h4-6,10H,7,12H2,1-3H3. The zero-order valence-electron chi connectivity index (χ0n) is 8.09. The Kier molecular flexibility index (Phi) is 2.88. The molecule has 66 valence electrons. The summed E-state index contributed by atoms with van der Waals surface area (Å²) in [7, 11) is 0. The van der Waals surface area contributed by atoms with Gasteiger partial charge in [-0.25, -0.2) is 0 Å². The molecule has 2 N–H and O–H groups in total. The Bertz CT molecular complexity index is 243. The van der Waals surface area contributed by atoms with Crippen LogP contribution in [0, 0.1) is 13.8 Å². The maximum absolute atomic E-state index is 5.76. The third-order valence-electron chi connectivity index (χ3n) is 2.17. The van der Waals surface area contributed by atoms with Gasteiger partial charge in [-0.3, -0.25) is 0 Å². The molecule has 12 heavy (non-hydrogen) atoms. The van der Waals surface area contributed by atoms with Gasteiger partial charge in [-0.2, -0.15) is 0 Å². The van der Waals surface area contributed by atoms with E-state index in [-0.39, 0.29) is 6.04 Å². The summed E-state index contributed by atoms with van der Waals surface area (Å²) in [5, 5.41) is 0. The molecule has 1 aromatic rings. The fourth-order valence-corrected chi connectivity index (χ4v) is 1.49. The van der Waals surface area contributed by atoms with Gasteiger partial charge in [-0.15, -0.1) is 0 Å². The molecule has 0 heterocycles. The lowest BCUT2D eigenvalue weighted by atomic mass is 9.97. The van der Waals surface area contributed by atoms with Gasteiger partial charge in [0.05, 0.1) is 0 Å². The first-order valence-corrected chi connectivity index (χ1v) is 4.42. The fourth-order valence-electron chi connectivity index (χ4n) is 1.49. The van der Waals surface area contributed by atoms with Gasteiger partial charge in [0.25, 0.3) is 0 Å². The van der Waals surface area contributed by atoms with Crippen LogP contribution in [0.15, 0.2) is 18.2 Å². The summed E-state index contributed by atoms with van der Waals surface area (Å²) >= 11 is 0. The summed E-state index contributed by atoms with van der Waals surface area (Å²) in [5.41, 5.74) is 9.88. The van der Waals surface area contributed by atoms with Crippen molar-refractivity contribution in [1.29, 1.82) is 0 Å². The number of rotatable bonds is 2. The highest BCUT2D eigenvalue weighted by molar-refractivity contribution is 5.33. The monoisotopic (exact) mass is 163 g/mol. The minimum Gasteiger partial charge on any atom is -0.328 e. The highest BCUT2D eigenvalue weighted by atomic mass is 14.6. The van der Waals surface area contributed by atoms with Crippen LogP contribution in [-0.4, -0.2) is 6.04 Å². The Balaban J connectivity index is 2.96. The molecule has 0 aliphatic rings. The lowest BCUT2D eigenvalue weighted by molar-refractivity contribution is 0.731. The maximum atomic E-state index is 5.76. The fraction of sp³-hybridized carbons (Fsp3) is 0.455. The minimum absolute atomic E-state index is 0.254. The topological polar surface area (TPSA) is 26.0 Å². The molecule has 1 aromatic carbocycles. The van der Waals surface area contributed by atoms with Crippen molar-refractivity contribution in [2.75, 3.05) is 0 Å². The van der Waals surface area contributed by atoms with E-state index in [4.69, 9.17) is 5.73 Å². The maximum Gasteiger partial charge on any atom is 0.00511 e. The van der Waals surface area contributed by atoms with Gasteiger partial charge in [0.1, 0.15) is 0 Å². The molecule has 0 aliphatic carbocycles. The van der Waals surface area contributed by atoms with Gasteiger partial charge < -0.3 is 5.73 Å². The van der Waals surface area contributed by atoms with Crippen molar-refractivity contribution in [3.63, 3.8) is 0 Å². The second-order valence-electron chi connectivity index (χ2n) is 3.55. The lowest BCUT2D eigenvalue weighted by Crippen LogP contribution is -2.19. The molecule has 0 saturated heterocycles. The molecule has 1 rings (SSSR count). The Labute approximate surface area is 74.6 Å². The zero-order chi connectivity index (χ0) is 9.14. The molecule has 0 saturated carbocycles. The van der Waals surface area contributed by atoms with Gasteiger partial charge in [0.2, 0.25) is 0 Å². The predicted molar refractivity (Wildman–Crippen MR) is 53.3 cm³/mol. The lowest BCUT2D eigenvalue weighted by Gasteiger charge is -2.11. The zero-order valence-corrected chi connectivity index (χ0v) is 8.09. The van der Waals surface area contributed by atoms with Crippen molar-refractivity contribution in [3.8, 4) is 0 Å². The van der Waals surface area contributed by atoms with E-state index in [0.29, 0.717) is 0 Å². The largest absolute Gasteiger partial charge is 0.328 e. The van der Waals surface area contributed by atoms with Crippen LogP contribution in [0.2, 0.25) is 0 Å². The van der Waals surface area contributed by atoms with E-state index in [1.54, 1.807) is 0 Å². The number of hydrogen-bond acceptors (Lipinski definition) is 1. The second-order valence-corrected chi connectivity index (χ2v) is 3.55. The minimum atomic E-state index is 0.254. The highest BCUT2D eigenvalue weighted by Gasteiger charge is 2.03. The molecule has 0 aliphatic heterocycles. The van der Waals surface area contributed by atoms with Crippen molar-refractivity contribution in [2.45, 2.75) is 33.2 Å². The Morgan fingerprint density at radius 2 is 1.75 bits per heavy atom. The molecule has 0 spiro atoms.